The molecule has 0 atom stereocenters. The lowest BCUT2D eigenvalue weighted by atomic mass is 9.98. The van der Waals surface area contributed by atoms with Crippen molar-refractivity contribution < 1.29 is 9.53 Å². The molecule has 1 amide bonds. The molecule has 2 heterocycles. The van der Waals surface area contributed by atoms with Crippen molar-refractivity contribution in [3.05, 3.63) is 24.3 Å². The minimum absolute atomic E-state index is 0.316. The Kier molecular flexibility index (Phi) is 4.29. The predicted molar refractivity (Wildman–Crippen MR) is 82.8 cm³/mol. The second kappa shape index (κ2) is 6.35. The third kappa shape index (κ3) is 3.29. The van der Waals surface area contributed by atoms with E-state index in [-0.39, 0.29) is 0 Å². The van der Waals surface area contributed by atoms with Gasteiger partial charge in [-0.15, -0.1) is 0 Å². The second-order valence-electron chi connectivity index (χ2n) is 5.79. The molecule has 0 unspecified atom stereocenters. The third-order valence-corrected chi connectivity index (χ3v) is 4.40. The van der Waals surface area contributed by atoms with E-state index in [0.717, 1.165) is 45.0 Å². The quantitative estimate of drug-likeness (QED) is 0.896. The molecule has 2 fully saturated rings. The van der Waals surface area contributed by atoms with Crippen molar-refractivity contribution in [3.63, 3.8) is 0 Å². The number of nitrogens with zero attached hydrogens (tertiary/aromatic N) is 2. The van der Waals surface area contributed by atoms with Gasteiger partial charge in [-0.2, -0.15) is 0 Å². The SMILES string of the molecule is COc1ccc(N2CCN(C(=O)CC3CNC3)CC2)cc1. The van der Waals surface area contributed by atoms with Gasteiger partial charge in [0.15, 0.2) is 0 Å². The van der Waals surface area contributed by atoms with E-state index in [1.807, 2.05) is 17.0 Å². The Bertz CT molecular complexity index is 477. The van der Waals surface area contributed by atoms with Gasteiger partial charge in [0, 0.05) is 38.3 Å². The van der Waals surface area contributed by atoms with Crippen molar-refractivity contribution >= 4 is 11.6 Å². The first-order chi connectivity index (χ1) is 10.3. The van der Waals surface area contributed by atoms with E-state index in [1.54, 1.807) is 7.11 Å². The van der Waals surface area contributed by atoms with E-state index in [2.05, 4.69) is 22.3 Å². The highest BCUT2D eigenvalue weighted by atomic mass is 16.5. The van der Waals surface area contributed by atoms with Gasteiger partial charge in [-0.1, -0.05) is 0 Å². The van der Waals surface area contributed by atoms with Gasteiger partial charge in [-0.25, -0.2) is 0 Å². The van der Waals surface area contributed by atoms with Gasteiger partial charge < -0.3 is 19.9 Å². The summed E-state index contributed by atoms with van der Waals surface area (Å²) in [7, 11) is 1.68. The van der Waals surface area contributed by atoms with E-state index < -0.39 is 0 Å². The minimum Gasteiger partial charge on any atom is -0.497 e. The summed E-state index contributed by atoms with van der Waals surface area (Å²) in [5.74, 6) is 1.75. The van der Waals surface area contributed by atoms with E-state index >= 15 is 0 Å². The monoisotopic (exact) mass is 289 g/mol. The summed E-state index contributed by atoms with van der Waals surface area (Å²) >= 11 is 0. The van der Waals surface area contributed by atoms with Gasteiger partial charge in [0.25, 0.3) is 0 Å². The number of anilines is 1. The number of nitrogens with one attached hydrogen (secondary N) is 1. The van der Waals surface area contributed by atoms with Crippen LogP contribution in [0, 0.1) is 5.92 Å². The smallest absolute Gasteiger partial charge is 0.223 e. The predicted octanol–water partition coefficient (Wildman–Crippen LogP) is 0.953. The first-order valence-corrected chi connectivity index (χ1v) is 7.64. The highest BCUT2D eigenvalue weighted by molar-refractivity contribution is 5.77. The zero-order valence-corrected chi connectivity index (χ0v) is 12.5. The molecule has 0 saturated carbocycles. The molecule has 5 nitrogen and oxygen atoms in total. The van der Waals surface area contributed by atoms with Crippen LogP contribution < -0.4 is 15.0 Å². The molecule has 21 heavy (non-hydrogen) atoms. The van der Waals surface area contributed by atoms with Gasteiger partial charge in [0.1, 0.15) is 5.75 Å². The van der Waals surface area contributed by atoms with Crippen molar-refractivity contribution in [2.24, 2.45) is 5.92 Å². The first kappa shape index (κ1) is 14.2. The normalized spacial score (nSPS) is 19.3. The lowest BCUT2D eigenvalue weighted by Crippen LogP contribution is -2.51. The molecule has 5 heteroatoms. The van der Waals surface area contributed by atoms with Crippen LogP contribution in [-0.4, -0.2) is 57.2 Å². The van der Waals surface area contributed by atoms with Crippen molar-refractivity contribution in [1.82, 2.24) is 10.2 Å². The summed E-state index contributed by atoms with van der Waals surface area (Å²) in [5.41, 5.74) is 1.20. The molecule has 0 aromatic heterocycles. The van der Waals surface area contributed by atoms with Crippen LogP contribution >= 0.6 is 0 Å². The maximum absolute atomic E-state index is 12.2. The van der Waals surface area contributed by atoms with E-state index in [4.69, 9.17) is 4.74 Å². The van der Waals surface area contributed by atoms with Crippen molar-refractivity contribution in [1.29, 1.82) is 0 Å². The maximum atomic E-state index is 12.2. The van der Waals surface area contributed by atoms with Crippen LogP contribution in [0.5, 0.6) is 5.75 Å². The molecule has 0 spiro atoms. The van der Waals surface area contributed by atoms with Crippen LogP contribution in [0.15, 0.2) is 24.3 Å². The van der Waals surface area contributed by atoms with Crippen LogP contribution in [0.2, 0.25) is 0 Å². The Morgan fingerprint density at radius 2 is 1.86 bits per heavy atom. The molecule has 1 aromatic carbocycles. The van der Waals surface area contributed by atoms with E-state index in [1.165, 1.54) is 5.69 Å². The molecule has 114 valence electrons. The van der Waals surface area contributed by atoms with Crippen LogP contribution in [0.4, 0.5) is 5.69 Å². The van der Waals surface area contributed by atoms with E-state index in [0.29, 0.717) is 18.2 Å². The second-order valence-corrected chi connectivity index (χ2v) is 5.79. The lowest BCUT2D eigenvalue weighted by Gasteiger charge is -2.37. The molecule has 2 aliphatic heterocycles. The van der Waals surface area contributed by atoms with Gasteiger partial charge in [-0.3, -0.25) is 4.79 Å². The van der Waals surface area contributed by atoms with Gasteiger partial charge in [-0.05, 0) is 43.3 Å². The molecular formula is C16H23N3O2. The molecule has 0 bridgehead atoms. The minimum atomic E-state index is 0.316. The highest BCUT2D eigenvalue weighted by Crippen LogP contribution is 2.21. The zero-order valence-electron chi connectivity index (χ0n) is 12.5. The fourth-order valence-corrected chi connectivity index (χ4v) is 2.88. The topological polar surface area (TPSA) is 44.8 Å². The summed E-state index contributed by atoms with van der Waals surface area (Å²) in [6.45, 7) is 5.45. The number of ether oxygens (including phenoxy) is 1. The number of methoxy groups -OCH3 is 1. The van der Waals surface area contributed by atoms with Gasteiger partial charge >= 0.3 is 0 Å². The first-order valence-electron chi connectivity index (χ1n) is 7.64. The maximum Gasteiger partial charge on any atom is 0.223 e. The van der Waals surface area contributed by atoms with Crippen LogP contribution in [0.1, 0.15) is 6.42 Å². The summed E-state index contributed by atoms with van der Waals surface area (Å²) in [5, 5.41) is 3.22. The zero-order chi connectivity index (χ0) is 14.7. The summed E-state index contributed by atoms with van der Waals surface area (Å²) in [6.07, 6.45) is 0.704. The standard InChI is InChI=1S/C16H23N3O2/c1-21-15-4-2-14(3-5-15)18-6-8-19(9-7-18)16(20)10-13-11-17-12-13/h2-5,13,17H,6-12H2,1H3. The largest absolute Gasteiger partial charge is 0.497 e. The lowest BCUT2D eigenvalue weighted by molar-refractivity contribution is -0.132. The molecule has 2 saturated heterocycles. The molecule has 3 rings (SSSR count). The molecule has 1 aromatic rings. The average Bonchev–Trinajstić information content (AvgIpc) is 2.51. The third-order valence-electron chi connectivity index (χ3n) is 4.40. The summed E-state index contributed by atoms with van der Waals surface area (Å²) in [4.78, 5) is 16.5. The van der Waals surface area contributed by atoms with Gasteiger partial charge in [0.2, 0.25) is 5.91 Å². The number of rotatable bonds is 4. The number of hydrogen-bond acceptors (Lipinski definition) is 4. The Labute approximate surface area is 125 Å². The van der Waals surface area contributed by atoms with Crippen LogP contribution in [0.3, 0.4) is 0 Å². The Balaban J connectivity index is 1.50. The molecule has 0 aliphatic carbocycles. The fourth-order valence-electron chi connectivity index (χ4n) is 2.88. The number of carbonyl (C=O) groups excluding carboxylic acids is 1. The number of benzene rings is 1. The number of hydrogen-bond donors (Lipinski definition) is 1. The van der Waals surface area contributed by atoms with Gasteiger partial charge in [0.05, 0.1) is 7.11 Å². The van der Waals surface area contributed by atoms with Crippen molar-refractivity contribution in [3.8, 4) is 5.75 Å². The Morgan fingerprint density at radius 3 is 2.38 bits per heavy atom. The average molecular weight is 289 g/mol. The molecule has 0 radical (unpaired) electrons. The number of amides is 1. The molecular weight excluding hydrogens is 266 g/mol. The highest BCUT2D eigenvalue weighted by Gasteiger charge is 2.26. The van der Waals surface area contributed by atoms with E-state index in [9.17, 15) is 4.79 Å². The number of carbonyl (C=O) groups is 1. The number of piperazine rings is 1. The Morgan fingerprint density at radius 1 is 1.19 bits per heavy atom. The summed E-state index contributed by atoms with van der Waals surface area (Å²) in [6, 6.07) is 8.12. The van der Waals surface area contributed by atoms with Crippen LogP contribution in [0.25, 0.3) is 0 Å². The van der Waals surface area contributed by atoms with Crippen molar-refractivity contribution in [2.45, 2.75) is 6.42 Å². The molecule has 2 aliphatic rings. The summed E-state index contributed by atoms with van der Waals surface area (Å²) < 4.78 is 5.18. The fraction of sp³-hybridized carbons (Fsp3) is 0.562. The Hall–Kier alpha value is -1.75. The van der Waals surface area contributed by atoms with Crippen molar-refractivity contribution in [2.75, 3.05) is 51.3 Å². The van der Waals surface area contributed by atoms with Crippen LogP contribution in [-0.2, 0) is 4.79 Å². The molecule has 1 N–H and O–H groups in total.